The molecule has 1 aromatic rings. The monoisotopic (exact) mass is 242 g/mol. The van der Waals surface area contributed by atoms with Crippen LogP contribution in [-0.4, -0.2) is 15.0 Å². The maximum Gasteiger partial charge on any atom is 0.240 e. The molecule has 0 atom stereocenters. The Bertz CT molecular complexity index is 477. The van der Waals surface area contributed by atoms with Gasteiger partial charge in [-0.15, -0.1) is 0 Å². The molecule has 0 spiro atoms. The van der Waals surface area contributed by atoms with Crippen LogP contribution >= 0.6 is 0 Å². The zero-order chi connectivity index (χ0) is 12.0. The summed E-state index contributed by atoms with van der Waals surface area (Å²) in [6, 6.07) is 6.48. The van der Waals surface area contributed by atoms with Gasteiger partial charge in [0.2, 0.25) is 10.0 Å². The second kappa shape index (κ2) is 5.58. The van der Waals surface area contributed by atoms with Crippen molar-refractivity contribution in [1.29, 1.82) is 5.26 Å². The van der Waals surface area contributed by atoms with E-state index in [4.69, 9.17) is 5.26 Å². The van der Waals surface area contributed by atoms with E-state index in [1.54, 1.807) is 0 Å². The van der Waals surface area contributed by atoms with Crippen molar-refractivity contribution in [2.75, 3.05) is 6.54 Å². The quantitative estimate of drug-likeness (QED) is 0.793. The Hall–Kier alpha value is -1.45. The molecule has 16 heavy (non-hydrogen) atoms. The molecule has 1 rings (SSSR count). The number of unbranched alkanes of at least 4 members (excludes halogenated alkanes) is 1. The highest BCUT2D eigenvalue weighted by Crippen LogP contribution is 2.09. The average Bonchev–Trinajstić information content (AvgIpc) is 2.25. The number of nitrogens with one attached hydrogen (secondary N) is 1. The highest BCUT2D eigenvalue weighted by atomic mass is 32.2. The van der Waals surface area contributed by atoms with E-state index in [0.29, 0.717) is 12.8 Å². The molecular formula is C10H11FN2O2S. The smallest absolute Gasteiger partial charge is 0.211 e. The lowest BCUT2D eigenvalue weighted by Gasteiger charge is -2.05. The van der Waals surface area contributed by atoms with Gasteiger partial charge >= 0.3 is 0 Å². The minimum absolute atomic E-state index is 0.0193. The Kier molecular flexibility index (Phi) is 4.40. The summed E-state index contributed by atoms with van der Waals surface area (Å²) in [5.41, 5.74) is 0. The van der Waals surface area contributed by atoms with Crippen molar-refractivity contribution in [3.05, 3.63) is 30.1 Å². The van der Waals surface area contributed by atoms with E-state index < -0.39 is 15.8 Å². The molecule has 0 aliphatic carbocycles. The third kappa shape index (κ3) is 3.61. The van der Waals surface area contributed by atoms with E-state index >= 15 is 0 Å². The second-order valence-electron chi connectivity index (χ2n) is 3.11. The summed E-state index contributed by atoms with van der Waals surface area (Å²) in [7, 11) is -3.58. The molecule has 0 unspecified atom stereocenters. The molecule has 0 saturated heterocycles. The number of hydrogen-bond donors (Lipinski definition) is 1. The zero-order valence-electron chi connectivity index (χ0n) is 8.48. The number of benzene rings is 1. The topological polar surface area (TPSA) is 70.0 Å². The number of nitriles is 1. The highest BCUT2D eigenvalue weighted by molar-refractivity contribution is 7.89. The van der Waals surface area contributed by atoms with Gasteiger partial charge in [0.1, 0.15) is 5.82 Å². The number of rotatable bonds is 5. The van der Waals surface area contributed by atoms with Gasteiger partial charge in [0.25, 0.3) is 0 Å². The first-order valence-corrected chi connectivity index (χ1v) is 6.17. The lowest BCUT2D eigenvalue weighted by Crippen LogP contribution is -2.24. The molecule has 0 aliphatic heterocycles. The largest absolute Gasteiger partial charge is 0.240 e. The van der Waals surface area contributed by atoms with Gasteiger partial charge in [-0.1, -0.05) is 0 Å². The fraction of sp³-hybridized carbons (Fsp3) is 0.300. The van der Waals surface area contributed by atoms with Crippen molar-refractivity contribution < 1.29 is 12.8 Å². The Labute approximate surface area is 93.8 Å². The van der Waals surface area contributed by atoms with Crippen molar-refractivity contribution in [2.24, 2.45) is 0 Å². The van der Waals surface area contributed by atoms with E-state index in [9.17, 15) is 12.8 Å². The van der Waals surface area contributed by atoms with Crippen molar-refractivity contribution >= 4 is 10.0 Å². The molecule has 1 aromatic carbocycles. The Morgan fingerprint density at radius 2 is 1.94 bits per heavy atom. The summed E-state index contributed by atoms with van der Waals surface area (Å²) >= 11 is 0. The van der Waals surface area contributed by atoms with Gasteiger partial charge in [-0.05, 0) is 30.7 Å². The van der Waals surface area contributed by atoms with Gasteiger partial charge < -0.3 is 0 Å². The van der Waals surface area contributed by atoms with Gasteiger partial charge in [-0.2, -0.15) is 5.26 Å². The van der Waals surface area contributed by atoms with Crippen molar-refractivity contribution in [2.45, 2.75) is 17.7 Å². The van der Waals surface area contributed by atoms with Crippen molar-refractivity contribution in [1.82, 2.24) is 4.72 Å². The summed E-state index contributed by atoms with van der Waals surface area (Å²) in [5, 5.41) is 8.27. The maximum atomic E-state index is 12.6. The van der Waals surface area contributed by atoms with Crippen LogP contribution in [-0.2, 0) is 10.0 Å². The molecule has 0 saturated carbocycles. The van der Waals surface area contributed by atoms with E-state index in [-0.39, 0.29) is 11.4 Å². The summed E-state index contributed by atoms with van der Waals surface area (Å²) in [4.78, 5) is 0.0193. The average molecular weight is 242 g/mol. The lowest BCUT2D eigenvalue weighted by molar-refractivity contribution is 0.578. The van der Waals surface area contributed by atoms with E-state index in [1.165, 1.54) is 12.1 Å². The predicted octanol–water partition coefficient (Wildman–Crippen LogP) is 1.41. The number of nitrogens with zero attached hydrogens (tertiary/aromatic N) is 1. The summed E-state index contributed by atoms with van der Waals surface area (Å²) in [5.74, 6) is -0.483. The summed E-state index contributed by atoms with van der Waals surface area (Å²) in [6.07, 6.45) is 0.753. The van der Waals surface area contributed by atoms with Crippen LogP contribution in [0.15, 0.2) is 29.2 Å². The Morgan fingerprint density at radius 3 is 2.50 bits per heavy atom. The van der Waals surface area contributed by atoms with Crippen LogP contribution in [0, 0.1) is 17.1 Å². The third-order valence-electron chi connectivity index (χ3n) is 1.88. The molecule has 6 heteroatoms. The van der Waals surface area contributed by atoms with Crippen LogP contribution in [0.2, 0.25) is 0 Å². The second-order valence-corrected chi connectivity index (χ2v) is 4.88. The number of hydrogen-bond acceptors (Lipinski definition) is 3. The molecule has 4 nitrogen and oxygen atoms in total. The van der Waals surface area contributed by atoms with Crippen LogP contribution in [0.4, 0.5) is 4.39 Å². The van der Waals surface area contributed by atoms with Crippen LogP contribution in [0.5, 0.6) is 0 Å². The fourth-order valence-corrected chi connectivity index (χ4v) is 2.15. The highest BCUT2D eigenvalue weighted by Gasteiger charge is 2.12. The van der Waals surface area contributed by atoms with E-state index in [0.717, 1.165) is 12.1 Å². The van der Waals surface area contributed by atoms with Crippen molar-refractivity contribution in [3.63, 3.8) is 0 Å². The SMILES string of the molecule is N#CCCCNS(=O)(=O)c1ccc(F)cc1. The molecular weight excluding hydrogens is 231 g/mol. The van der Waals surface area contributed by atoms with Crippen molar-refractivity contribution in [3.8, 4) is 6.07 Å². The lowest BCUT2D eigenvalue weighted by atomic mass is 10.3. The van der Waals surface area contributed by atoms with Gasteiger partial charge in [-0.3, -0.25) is 0 Å². The summed E-state index contributed by atoms with van der Waals surface area (Å²) in [6.45, 7) is 0.202. The van der Waals surface area contributed by atoms with Gasteiger partial charge in [0, 0.05) is 13.0 Å². The van der Waals surface area contributed by atoms with Crippen LogP contribution < -0.4 is 4.72 Å². The standard InChI is InChI=1S/C10H11FN2O2S/c11-9-3-5-10(6-4-9)16(14,15)13-8-2-1-7-12/h3-6,13H,1-2,8H2. The predicted molar refractivity (Wildman–Crippen MR) is 56.4 cm³/mol. The van der Waals surface area contributed by atoms with Gasteiger partial charge in [0.15, 0.2) is 0 Å². The van der Waals surface area contributed by atoms with Crippen LogP contribution in [0.25, 0.3) is 0 Å². The minimum atomic E-state index is -3.58. The van der Waals surface area contributed by atoms with Crippen LogP contribution in [0.1, 0.15) is 12.8 Å². The molecule has 0 bridgehead atoms. The molecule has 0 aromatic heterocycles. The molecule has 0 aliphatic rings. The number of halogens is 1. The van der Waals surface area contributed by atoms with Crippen LogP contribution in [0.3, 0.4) is 0 Å². The zero-order valence-corrected chi connectivity index (χ0v) is 9.30. The molecule has 0 amide bonds. The third-order valence-corrected chi connectivity index (χ3v) is 3.36. The van der Waals surface area contributed by atoms with E-state index in [2.05, 4.69) is 4.72 Å². The first kappa shape index (κ1) is 12.6. The minimum Gasteiger partial charge on any atom is -0.211 e. The fourth-order valence-electron chi connectivity index (χ4n) is 1.07. The molecule has 86 valence electrons. The first-order valence-electron chi connectivity index (χ1n) is 4.68. The van der Waals surface area contributed by atoms with Gasteiger partial charge in [-0.25, -0.2) is 17.5 Å². The maximum absolute atomic E-state index is 12.6. The molecule has 0 radical (unpaired) electrons. The summed E-state index contributed by atoms with van der Waals surface area (Å²) < 4.78 is 38.1. The Morgan fingerprint density at radius 1 is 1.31 bits per heavy atom. The molecule has 0 heterocycles. The first-order chi connectivity index (χ1) is 7.56. The van der Waals surface area contributed by atoms with E-state index in [1.807, 2.05) is 6.07 Å². The molecule has 1 N–H and O–H groups in total. The van der Waals surface area contributed by atoms with Gasteiger partial charge in [0.05, 0.1) is 11.0 Å². The normalized spacial score (nSPS) is 11.0. The molecule has 0 fully saturated rings. The number of sulfonamides is 1. The Balaban J connectivity index is 2.64.